The van der Waals surface area contributed by atoms with E-state index < -0.39 is 6.09 Å². The van der Waals surface area contributed by atoms with Crippen molar-refractivity contribution in [1.82, 2.24) is 4.57 Å². The second kappa shape index (κ2) is 4.53. The fourth-order valence-corrected chi connectivity index (χ4v) is 2.88. The molecule has 1 aromatic carbocycles. The van der Waals surface area contributed by atoms with Crippen LogP contribution in [0, 0.1) is 0 Å². The molecule has 2 aliphatic heterocycles. The zero-order chi connectivity index (χ0) is 14.4. The highest BCUT2D eigenvalue weighted by atomic mass is 16.6. The predicted molar refractivity (Wildman–Crippen MR) is 76.1 cm³/mol. The number of hydrogen-bond acceptors (Lipinski definition) is 4. The largest absolute Gasteiger partial charge is 0.512 e. The summed E-state index contributed by atoms with van der Waals surface area (Å²) in [5.74, 6) is 0.254. The van der Waals surface area contributed by atoms with Crippen LogP contribution in [0.2, 0.25) is 0 Å². The Labute approximate surface area is 120 Å². The lowest BCUT2D eigenvalue weighted by Gasteiger charge is -2.17. The van der Waals surface area contributed by atoms with Crippen LogP contribution in [0.4, 0.5) is 10.5 Å². The molecule has 3 heterocycles. The number of ether oxygens (including phenoxy) is 2. The van der Waals surface area contributed by atoms with Gasteiger partial charge in [-0.1, -0.05) is 0 Å². The number of aliphatic hydroxyl groups is 1. The summed E-state index contributed by atoms with van der Waals surface area (Å²) in [5, 5.41) is 10.0. The van der Waals surface area contributed by atoms with Crippen molar-refractivity contribution in [2.24, 2.45) is 0 Å². The van der Waals surface area contributed by atoms with Gasteiger partial charge in [-0.05, 0) is 24.3 Å². The van der Waals surface area contributed by atoms with E-state index in [4.69, 9.17) is 14.6 Å². The molecule has 21 heavy (non-hydrogen) atoms. The Morgan fingerprint density at radius 2 is 2.19 bits per heavy atom. The van der Waals surface area contributed by atoms with Gasteiger partial charge in [-0.25, -0.2) is 4.79 Å². The lowest BCUT2D eigenvalue weighted by molar-refractivity contribution is 0.0865. The molecule has 1 aromatic heterocycles. The molecule has 0 spiro atoms. The molecular weight excluding hydrogens is 272 g/mol. The molecule has 0 bridgehead atoms. The van der Waals surface area contributed by atoms with Crippen molar-refractivity contribution in [1.29, 1.82) is 0 Å². The second-order valence-electron chi connectivity index (χ2n) is 5.13. The van der Waals surface area contributed by atoms with Gasteiger partial charge in [0.05, 0.1) is 19.8 Å². The first-order valence-electron chi connectivity index (χ1n) is 6.79. The third kappa shape index (κ3) is 1.87. The normalized spacial score (nSPS) is 20.1. The minimum Gasteiger partial charge on any atom is -0.512 e. The van der Waals surface area contributed by atoms with E-state index in [1.54, 1.807) is 0 Å². The molecule has 108 valence electrons. The third-order valence-electron chi connectivity index (χ3n) is 3.89. The average Bonchev–Trinajstić information content (AvgIpc) is 3.06. The SMILES string of the molecule is O=C1O/C(=C\O)CN1c1ccc2c(c1)cc1n2CCOC1. The van der Waals surface area contributed by atoms with E-state index >= 15 is 0 Å². The number of nitrogens with zero attached hydrogens (tertiary/aromatic N) is 2. The van der Waals surface area contributed by atoms with E-state index in [9.17, 15) is 4.79 Å². The van der Waals surface area contributed by atoms with Gasteiger partial charge in [-0.3, -0.25) is 4.90 Å². The van der Waals surface area contributed by atoms with Crippen molar-refractivity contribution in [3.05, 3.63) is 42.0 Å². The number of anilines is 1. The van der Waals surface area contributed by atoms with Crippen molar-refractivity contribution >= 4 is 22.7 Å². The molecule has 1 amide bonds. The number of aromatic nitrogens is 1. The molecule has 0 saturated carbocycles. The quantitative estimate of drug-likeness (QED) is 0.818. The van der Waals surface area contributed by atoms with Gasteiger partial charge in [0.1, 0.15) is 6.26 Å². The number of cyclic esters (lactones) is 1. The number of carbonyl (C=O) groups excluding carboxylic acids is 1. The highest BCUT2D eigenvalue weighted by molar-refractivity contribution is 5.94. The Morgan fingerprint density at radius 3 is 3.00 bits per heavy atom. The van der Waals surface area contributed by atoms with Crippen LogP contribution in [0.5, 0.6) is 0 Å². The minimum atomic E-state index is -0.470. The molecule has 1 fully saturated rings. The summed E-state index contributed by atoms with van der Waals surface area (Å²) in [6.07, 6.45) is 0.354. The maximum Gasteiger partial charge on any atom is 0.420 e. The molecule has 6 nitrogen and oxygen atoms in total. The lowest BCUT2D eigenvalue weighted by atomic mass is 10.2. The Hall–Kier alpha value is -2.47. The molecular formula is C15H14N2O4. The molecule has 0 aliphatic carbocycles. The monoisotopic (exact) mass is 286 g/mol. The van der Waals surface area contributed by atoms with Gasteiger partial charge in [-0.2, -0.15) is 0 Å². The van der Waals surface area contributed by atoms with Crippen LogP contribution in [0.25, 0.3) is 10.9 Å². The van der Waals surface area contributed by atoms with Crippen LogP contribution < -0.4 is 4.90 Å². The Morgan fingerprint density at radius 1 is 1.29 bits per heavy atom. The Kier molecular flexibility index (Phi) is 2.65. The number of carbonyl (C=O) groups is 1. The molecule has 2 aliphatic rings. The highest BCUT2D eigenvalue weighted by Crippen LogP contribution is 2.30. The summed E-state index contributed by atoms with van der Waals surface area (Å²) in [6, 6.07) is 7.95. The summed E-state index contributed by atoms with van der Waals surface area (Å²) >= 11 is 0. The van der Waals surface area contributed by atoms with Crippen LogP contribution in [0.3, 0.4) is 0 Å². The van der Waals surface area contributed by atoms with Crippen molar-refractivity contribution in [2.75, 3.05) is 18.1 Å². The molecule has 1 N–H and O–H groups in total. The highest BCUT2D eigenvalue weighted by Gasteiger charge is 2.28. The maximum atomic E-state index is 11.8. The molecule has 4 rings (SSSR count). The third-order valence-corrected chi connectivity index (χ3v) is 3.89. The minimum absolute atomic E-state index is 0.248. The van der Waals surface area contributed by atoms with E-state index in [0.717, 1.165) is 41.7 Å². The van der Waals surface area contributed by atoms with Crippen molar-refractivity contribution in [3.8, 4) is 0 Å². The van der Waals surface area contributed by atoms with Gasteiger partial charge in [-0.15, -0.1) is 0 Å². The average molecular weight is 286 g/mol. The first kappa shape index (κ1) is 12.3. The second-order valence-corrected chi connectivity index (χ2v) is 5.13. The standard InChI is InChI=1S/C15H14N2O4/c18-8-13-7-17(15(19)21-13)11-1-2-14-10(5-11)6-12-9-20-4-3-16(12)14/h1-2,5-6,8,18H,3-4,7,9H2/b13-8-. The first-order chi connectivity index (χ1) is 10.3. The lowest BCUT2D eigenvalue weighted by Crippen LogP contribution is -2.23. The summed E-state index contributed by atoms with van der Waals surface area (Å²) in [4.78, 5) is 13.3. The number of hydrogen-bond donors (Lipinski definition) is 1. The van der Waals surface area contributed by atoms with Gasteiger partial charge in [0.2, 0.25) is 0 Å². The van der Waals surface area contributed by atoms with E-state index in [0.29, 0.717) is 6.61 Å². The zero-order valence-electron chi connectivity index (χ0n) is 11.3. The van der Waals surface area contributed by atoms with Crippen LogP contribution in [-0.4, -0.2) is 28.9 Å². The van der Waals surface area contributed by atoms with E-state index in [2.05, 4.69) is 10.6 Å². The number of benzene rings is 1. The number of amides is 1. The molecule has 2 aromatic rings. The smallest absolute Gasteiger partial charge is 0.420 e. The zero-order valence-corrected chi connectivity index (χ0v) is 11.3. The number of rotatable bonds is 1. The summed E-state index contributed by atoms with van der Waals surface area (Å²) in [6.45, 7) is 2.44. The van der Waals surface area contributed by atoms with Crippen LogP contribution in [0.15, 0.2) is 36.3 Å². The molecule has 1 saturated heterocycles. The fourth-order valence-electron chi connectivity index (χ4n) is 2.88. The molecule has 0 unspecified atom stereocenters. The van der Waals surface area contributed by atoms with Gasteiger partial charge >= 0.3 is 6.09 Å². The van der Waals surface area contributed by atoms with Gasteiger partial charge < -0.3 is 19.1 Å². The van der Waals surface area contributed by atoms with Crippen molar-refractivity contribution < 1.29 is 19.4 Å². The maximum absolute atomic E-state index is 11.8. The number of fused-ring (bicyclic) bond motifs is 3. The van der Waals surface area contributed by atoms with Crippen LogP contribution in [0.1, 0.15) is 5.69 Å². The molecule has 0 atom stereocenters. The molecule has 0 radical (unpaired) electrons. The summed E-state index contributed by atoms with van der Waals surface area (Å²) in [7, 11) is 0. The van der Waals surface area contributed by atoms with Crippen LogP contribution in [-0.2, 0) is 22.6 Å². The number of aliphatic hydroxyl groups excluding tert-OH is 1. The fraction of sp³-hybridized carbons (Fsp3) is 0.267. The Balaban J connectivity index is 1.76. The van der Waals surface area contributed by atoms with Crippen molar-refractivity contribution in [3.63, 3.8) is 0 Å². The summed E-state index contributed by atoms with van der Waals surface area (Å²) < 4.78 is 12.6. The van der Waals surface area contributed by atoms with Gasteiger partial charge in [0.25, 0.3) is 0 Å². The Bertz CT molecular complexity index is 762. The van der Waals surface area contributed by atoms with Crippen LogP contribution >= 0.6 is 0 Å². The first-order valence-corrected chi connectivity index (χ1v) is 6.79. The van der Waals surface area contributed by atoms with Gasteiger partial charge in [0, 0.05) is 28.8 Å². The predicted octanol–water partition coefficient (Wildman–Crippen LogP) is 2.53. The van der Waals surface area contributed by atoms with E-state index in [1.807, 2.05) is 18.2 Å². The van der Waals surface area contributed by atoms with Gasteiger partial charge in [0.15, 0.2) is 5.76 Å². The summed E-state index contributed by atoms with van der Waals surface area (Å²) in [5.41, 5.74) is 3.05. The topological polar surface area (TPSA) is 63.9 Å². The molecule has 6 heteroatoms. The van der Waals surface area contributed by atoms with E-state index in [1.165, 1.54) is 4.90 Å². The van der Waals surface area contributed by atoms with Crippen molar-refractivity contribution in [2.45, 2.75) is 13.2 Å². The van der Waals surface area contributed by atoms with E-state index in [-0.39, 0.29) is 12.3 Å².